The van der Waals surface area contributed by atoms with Crippen molar-refractivity contribution in [1.82, 2.24) is 5.32 Å². The van der Waals surface area contributed by atoms with E-state index in [1.165, 1.54) is 64.2 Å². The van der Waals surface area contributed by atoms with Crippen LogP contribution in [0.3, 0.4) is 0 Å². The van der Waals surface area contributed by atoms with Gasteiger partial charge < -0.3 is 10.1 Å². The van der Waals surface area contributed by atoms with Crippen molar-refractivity contribution in [3.8, 4) is 0 Å². The summed E-state index contributed by atoms with van der Waals surface area (Å²) in [6.45, 7) is 11.4. The van der Waals surface area contributed by atoms with Crippen LogP contribution in [0.1, 0.15) is 91.9 Å². The smallest absolute Gasteiger partial charge is 0.0733 e. The quantitative estimate of drug-likeness (QED) is 0.522. The predicted molar refractivity (Wildman–Crippen MR) is 92.8 cm³/mol. The van der Waals surface area contributed by atoms with E-state index in [2.05, 4.69) is 33.0 Å². The summed E-state index contributed by atoms with van der Waals surface area (Å²) < 4.78 is 6.27. The van der Waals surface area contributed by atoms with Crippen molar-refractivity contribution in [2.24, 2.45) is 5.41 Å². The molecule has 0 aromatic carbocycles. The summed E-state index contributed by atoms with van der Waals surface area (Å²) in [7, 11) is 0. The summed E-state index contributed by atoms with van der Waals surface area (Å²) in [6, 6.07) is 0.582. The molecule has 1 saturated carbocycles. The Morgan fingerprint density at radius 3 is 2.43 bits per heavy atom. The number of hydrogen-bond acceptors (Lipinski definition) is 2. The van der Waals surface area contributed by atoms with Gasteiger partial charge in [-0.3, -0.25) is 0 Å². The third-order valence-electron chi connectivity index (χ3n) is 4.82. The molecule has 1 fully saturated rings. The van der Waals surface area contributed by atoms with Crippen molar-refractivity contribution in [2.45, 2.75) is 104 Å². The van der Waals surface area contributed by atoms with Gasteiger partial charge in [-0.25, -0.2) is 0 Å². The molecule has 0 spiro atoms. The van der Waals surface area contributed by atoms with Gasteiger partial charge in [-0.2, -0.15) is 0 Å². The molecule has 1 aliphatic rings. The average Bonchev–Trinajstić information content (AvgIpc) is 2.45. The van der Waals surface area contributed by atoms with E-state index in [1.54, 1.807) is 0 Å². The van der Waals surface area contributed by atoms with Crippen LogP contribution in [0.25, 0.3) is 0 Å². The fraction of sp³-hybridized carbons (Fsp3) is 1.00. The molecule has 1 rings (SSSR count). The summed E-state index contributed by atoms with van der Waals surface area (Å²) in [5.74, 6) is 0. The van der Waals surface area contributed by atoms with E-state index in [4.69, 9.17) is 4.74 Å². The normalized spacial score (nSPS) is 25.1. The van der Waals surface area contributed by atoms with Crippen LogP contribution >= 0.6 is 0 Å². The largest absolute Gasteiger partial charge is 0.377 e. The van der Waals surface area contributed by atoms with Gasteiger partial charge in [0.1, 0.15) is 0 Å². The standard InChI is InChI=1S/C19H39NO/c1-5-7-8-9-10-11-15-21-18-16-19(3,4)13-12-17(18)20-14-6-2/h17-18,20H,5-16H2,1-4H3. The van der Waals surface area contributed by atoms with Crippen LogP contribution < -0.4 is 5.32 Å². The van der Waals surface area contributed by atoms with Crippen LogP contribution in [-0.2, 0) is 4.74 Å². The van der Waals surface area contributed by atoms with Crippen molar-refractivity contribution in [3.63, 3.8) is 0 Å². The van der Waals surface area contributed by atoms with Gasteiger partial charge in [0.2, 0.25) is 0 Å². The molecule has 21 heavy (non-hydrogen) atoms. The molecule has 2 nitrogen and oxygen atoms in total. The molecule has 0 radical (unpaired) electrons. The summed E-state index contributed by atoms with van der Waals surface area (Å²) in [6.07, 6.45) is 13.5. The summed E-state index contributed by atoms with van der Waals surface area (Å²) in [4.78, 5) is 0. The Kier molecular flexibility index (Phi) is 9.59. The van der Waals surface area contributed by atoms with E-state index in [9.17, 15) is 0 Å². The molecule has 0 aromatic heterocycles. The van der Waals surface area contributed by atoms with Crippen LogP contribution in [0, 0.1) is 5.41 Å². The minimum atomic E-state index is 0.427. The lowest BCUT2D eigenvalue weighted by molar-refractivity contribution is -0.0293. The van der Waals surface area contributed by atoms with Crippen LogP contribution in [0.4, 0.5) is 0 Å². The van der Waals surface area contributed by atoms with Crippen molar-refractivity contribution in [2.75, 3.05) is 13.2 Å². The molecule has 0 saturated heterocycles. The first-order valence-electron chi connectivity index (χ1n) is 9.44. The average molecular weight is 298 g/mol. The maximum Gasteiger partial charge on any atom is 0.0733 e. The summed E-state index contributed by atoms with van der Waals surface area (Å²) in [5.41, 5.74) is 0.455. The first kappa shape index (κ1) is 19.0. The molecule has 0 bridgehead atoms. The van der Waals surface area contributed by atoms with Crippen molar-refractivity contribution < 1.29 is 4.74 Å². The van der Waals surface area contributed by atoms with E-state index in [0.29, 0.717) is 17.6 Å². The fourth-order valence-corrected chi connectivity index (χ4v) is 3.38. The Morgan fingerprint density at radius 2 is 1.71 bits per heavy atom. The molecule has 0 aliphatic heterocycles. The van der Waals surface area contributed by atoms with Gasteiger partial charge in [0.05, 0.1) is 6.10 Å². The maximum absolute atomic E-state index is 6.27. The molecule has 0 heterocycles. The van der Waals surface area contributed by atoms with Gasteiger partial charge in [-0.15, -0.1) is 0 Å². The monoisotopic (exact) mass is 297 g/mol. The van der Waals surface area contributed by atoms with E-state index in [1.807, 2.05) is 0 Å². The highest BCUT2D eigenvalue weighted by atomic mass is 16.5. The minimum absolute atomic E-state index is 0.427. The Bertz CT molecular complexity index is 252. The van der Waals surface area contributed by atoms with Gasteiger partial charge in [0, 0.05) is 12.6 Å². The zero-order valence-corrected chi connectivity index (χ0v) is 15.0. The lowest BCUT2D eigenvalue weighted by Crippen LogP contribution is -2.48. The topological polar surface area (TPSA) is 21.3 Å². The van der Waals surface area contributed by atoms with Gasteiger partial charge in [-0.05, 0) is 44.1 Å². The lowest BCUT2D eigenvalue weighted by Gasteiger charge is -2.41. The Hall–Kier alpha value is -0.0800. The molecule has 0 amide bonds. The number of nitrogens with one attached hydrogen (secondary N) is 1. The number of hydrogen-bond donors (Lipinski definition) is 1. The molecule has 0 aromatic rings. The van der Waals surface area contributed by atoms with Crippen LogP contribution in [0.15, 0.2) is 0 Å². The van der Waals surface area contributed by atoms with E-state index < -0.39 is 0 Å². The third-order valence-corrected chi connectivity index (χ3v) is 4.82. The third kappa shape index (κ3) is 8.21. The van der Waals surface area contributed by atoms with Gasteiger partial charge in [-0.1, -0.05) is 59.8 Å². The number of unbranched alkanes of at least 4 members (excludes halogenated alkanes) is 5. The Labute approximate surface area is 133 Å². The first-order valence-corrected chi connectivity index (χ1v) is 9.44. The molecule has 1 N–H and O–H groups in total. The zero-order valence-electron chi connectivity index (χ0n) is 15.0. The van der Waals surface area contributed by atoms with Gasteiger partial charge in [0.25, 0.3) is 0 Å². The van der Waals surface area contributed by atoms with E-state index >= 15 is 0 Å². The highest BCUT2D eigenvalue weighted by molar-refractivity contribution is 4.89. The van der Waals surface area contributed by atoms with Gasteiger partial charge in [0.15, 0.2) is 0 Å². The molecule has 1 aliphatic carbocycles. The molecule has 2 atom stereocenters. The fourth-order valence-electron chi connectivity index (χ4n) is 3.38. The van der Waals surface area contributed by atoms with Gasteiger partial charge >= 0.3 is 0 Å². The predicted octanol–water partition coefficient (Wildman–Crippen LogP) is 5.31. The highest BCUT2D eigenvalue weighted by Crippen LogP contribution is 2.36. The summed E-state index contributed by atoms with van der Waals surface area (Å²) in [5, 5.41) is 3.70. The second kappa shape index (κ2) is 10.6. The zero-order chi connectivity index (χ0) is 15.6. The second-order valence-electron chi connectivity index (χ2n) is 7.64. The maximum atomic E-state index is 6.27. The minimum Gasteiger partial charge on any atom is -0.377 e. The first-order chi connectivity index (χ1) is 10.1. The van der Waals surface area contributed by atoms with Crippen LogP contribution in [0.5, 0.6) is 0 Å². The highest BCUT2D eigenvalue weighted by Gasteiger charge is 2.34. The molecule has 2 heteroatoms. The van der Waals surface area contributed by atoms with E-state index in [-0.39, 0.29) is 0 Å². The summed E-state index contributed by atoms with van der Waals surface area (Å²) >= 11 is 0. The van der Waals surface area contributed by atoms with E-state index in [0.717, 1.165) is 13.2 Å². The van der Waals surface area contributed by atoms with Crippen molar-refractivity contribution in [1.29, 1.82) is 0 Å². The Balaban J connectivity index is 2.23. The number of rotatable bonds is 11. The lowest BCUT2D eigenvalue weighted by atomic mass is 9.74. The van der Waals surface area contributed by atoms with Crippen molar-refractivity contribution >= 4 is 0 Å². The van der Waals surface area contributed by atoms with Crippen molar-refractivity contribution in [3.05, 3.63) is 0 Å². The molecule has 126 valence electrons. The molecular weight excluding hydrogens is 258 g/mol. The van der Waals surface area contributed by atoms with Crippen LogP contribution in [-0.4, -0.2) is 25.3 Å². The second-order valence-corrected chi connectivity index (χ2v) is 7.64. The SMILES string of the molecule is CCCCCCCCOC1CC(C)(C)CCC1NCCC. The molecular formula is C19H39NO. The molecule has 2 unspecified atom stereocenters. The Morgan fingerprint density at radius 1 is 1.00 bits per heavy atom. The van der Waals surface area contributed by atoms with Crippen LogP contribution in [0.2, 0.25) is 0 Å². The number of ether oxygens (including phenoxy) is 1.